The maximum atomic E-state index is 4.55. The number of nitrogens with zero attached hydrogens (tertiary/aromatic N) is 2. The first kappa shape index (κ1) is 14.5. The van der Waals surface area contributed by atoms with Crippen LogP contribution in [0.4, 0.5) is 0 Å². The van der Waals surface area contributed by atoms with Crippen LogP contribution in [0, 0.1) is 6.92 Å². The minimum absolute atomic E-state index is 0.984. The third-order valence-electron chi connectivity index (χ3n) is 4.15. The topological polar surface area (TPSA) is 17.8 Å². The Morgan fingerprint density at radius 1 is 0.875 bits per heavy atom. The third kappa shape index (κ3) is 2.74. The van der Waals surface area contributed by atoms with E-state index in [0.717, 1.165) is 16.7 Å². The molecule has 0 unspecified atom stereocenters. The molecule has 0 bridgehead atoms. The largest absolute Gasteiger partial charge is 0.301 e. The van der Waals surface area contributed by atoms with Crippen molar-refractivity contribution in [1.29, 1.82) is 0 Å². The standard InChI is InChI=1S/C22H18N2/c1-17-9-11-19(12-10-18-6-3-2-4-7-18)21(16-17)24-15-13-20-8-5-14-23-22(20)24/h2-16H,1H3/b12-10+. The van der Waals surface area contributed by atoms with Gasteiger partial charge in [0.25, 0.3) is 0 Å². The molecule has 2 heterocycles. The predicted molar refractivity (Wildman–Crippen MR) is 101 cm³/mol. The molecule has 0 radical (unpaired) electrons. The highest BCUT2D eigenvalue weighted by atomic mass is 15.0. The Morgan fingerprint density at radius 3 is 2.62 bits per heavy atom. The van der Waals surface area contributed by atoms with Gasteiger partial charge in [0.1, 0.15) is 5.65 Å². The molecule has 0 aliphatic rings. The van der Waals surface area contributed by atoms with Crippen LogP contribution >= 0.6 is 0 Å². The number of rotatable bonds is 3. The number of pyridine rings is 1. The monoisotopic (exact) mass is 310 g/mol. The van der Waals surface area contributed by atoms with Gasteiger partial charge in [0.2, 0.25) is 0 Å². The van der Waals surface area contributed by atoms with Gasteiger partial charge in [-0.05, 0) is 47.9 Å². The summed E-state index contributed by atoms with van der Waals surface area (Å²) < 4.78 is 2.16. The minimum atomic E-state index is 0.984. The second-order valence-electron chi connectivity index (χ2n) is 5.91. The zero-order chi connectivity index (χ0) is 16.4. The number of hydrogen-bond acceptors (Lipinski definition) is 1. The molecule has 2 heteroatoms. The fourth-order valence-corrected chi connectivity index (χ4v) is 2.91. The summed E-state index contributed by atoms with van der Waals surface area (Å²) in [5.41, 5.74) is 5.74. The average molecular weight is 310 g/mol. The van der Waals surface area contributed by atoms with Gasteiger partial charge in [0.05, 0.1) is 5.69 Å². The lowest BCUT2D eigenvalue weighted by atomic mass is 10.1. The third-order valence-corrected chi connectivity index (χ3v) is 4.15. The molecule has 0 N–H and O–H groups in total. The molecule has 0 aliphatic heterocycles. The molecule has 0 amide bonds. The fraction of sp³-hybridized carbons (Fsp3) is 0.0455. The summed E-state index contributed by atoms with van der Waals surface area (Å²) >= 11 is 0. The van der Waals surface area contributed by atoms with E-state index >= 15 is 0 Å². The van der Waals surface area contributed by atoms with Crippen LogP contribution in [0.15, 0.2) is 79.1 Å². The maximum absolute atomic E-state index is 4.55. The first-order valence-electron chi connectivity index (χ1n) is 8.07. The predicted octanol–water partition coefficient (Wildman–Crippen LogP) is 5.50. The first-order valence-corrected chi connectivity index (χ1v) is 8.07. The Hall–Kier alpha value is -3.13. The van der Waals surface area contributed by atoms with Gasteiger partial charge in [-0.3, -0.25) is 0 Å². The van der Waals surface area contributed by atoms with Crippen LogP contribution in [0.25, 0.3) is 28.9 Å². The molecular weight excluding hydrogens is 292 g/mol. The number of hydrogen-bond donors (Lipinski definition) is 0. The lowest BCUT2D eigenvalue weighted by Crippen LogP contribution is -1.97. The van der Waals surface area contributed by atoms with Crippen LogP contribution in [-0.4, -0.2) is 9.55 Å². The Kier molecular flexibility index (Phi) is 3.72. The first-order chi connectivity index (χ1) is 11.8. The Morgan fingerprint density at radius 2 is 1.75 bits per heavy atom. The van der Waals surface area contributed by atoms with E-state index < -0.39 is 0 Å². The van der Waals surface area contributed by atoms with Gasteiger partial charge in [0.15, 0.2) is 0 Å². The van der Waals surface area contributed by atoms with Crippen molar-refractivity contribution in [3.8, 4) is 5.69 Å². The van der Waals surface area contributed by atoms with Crippen LogP contribution in [-0.2, 0) is 0 Å². The lowest BCUT2D eigenvalue weighted by molar-refractivity contribution is 1.08. The highest BCUT2D eigenvalue weighted by Gasteiger charge is 2.07. The molecule has 0 fully saturated rings. The lowest BCUT2D eigenvalue weighted by Gasteiger charge is -2.10. The number of fused-ring (bicyclic) bond motifs is 1. The number of benzene rings is 2. The van der Waals surface area contributed by atoms with E-state index in [9.17, 15) is 0 Å². The van der Waals surface area contributed by atoms with Crippen molar-refractivity contribution in [1.82, 2.24) is 9.55 Å². The Bertz CT molecular complexity index is 1010. The summed E-state index contributed by atoms with van der Waals surface area (Å²) in [6.45, 7) is 2.12. The molecule has 0 saturated heterocycles. The molecule has 0 saturated carbocycles. The zero-order valence-corrected chi connectivity index (χ0v) is 13.6. The quantitative estimate of drug-likeness (QED) is 0.457. The summed E-state index contributed by atoms with van der Waals surface area (Å²) in [4.78, 5) is 4.55. The molecule has 116 valence electrons. The van der Waals surface area contributed by atoms with E-state index in [1.54, 1.807) is 0 Å². The molecule has 0 spiro atoms. The smallest absolute Gasteiger partial charge is 0.144 e. The fourth-order valence-electron chi connectivity index (χ4n) is 2.91. The molecule has 0 aliphatic carbocycles. The van der Waals surface area contributed by atoms with Gasteiger partial charge in [-0.25, -0.2) is 4.98 Å². The summed E-state index contributed by atoms with van der Waals surface area (Å²) in [5, 5.41) is 1.15. The average Bonchev–Trinajstić information content (AvgIpc) is 3.05. The van der Waals surface area contributed by atoms with E-state index in [4.69, 9.17) is 0 Å². The second-order valence-corrected chi connectivity index (χ2v) is 5.91. The van der Waals surface area contributed by atoms with Crippen molar-refractivity contribution in [2.75, 3.05) is 0 Å². The van der Waals surface area contributed by atoms with Gasteiger partial charge in [-0.15, -0.1) is 0 Å². The van der Waals surface area contributed by atoms with E-state index in [2.05, 4.69) is 89.4 Å². The van der Waals surface area contributed by atoms with Gasteiger partial charge >= 0.3 is 0 Å². The summed E-state index contributed by atoms with van der Waals surface area (Å²) in [7, 11) is 0. The van der Waals surface area contributed by atoms with E-state index in [0.29, 0.717) is 0 Å². The zero-order valence-electron chi connectivity index (χ0n) is 13.6. The highest BCUT2D eigenvalue weighted by molar-refractivity contribution is 5.81. The van der Waals surface area contributed by atoms with Crippen LogP contribution in [0.3, 0.4) is 0 Å². The molecule has 2 aromatic carbocycles. The molecular formula is C22H18N2. The molecule has 2 aromatic heterocycles. The second kappa shape index (κ2) is 6.17. The van der Waals surface area contributed by atoms with Crippen molar-refractivity contribution in [2.45, 2.75) is 6.92 Å². The molecule has 0 atom stereocenters. The normalized spacial score (nSPS) is 11.4. The highest BCUT2D eigenvalue weighted by Crippen LogP contribution is 2.24. The van der Waals surface area contributed by atoms with Gasteiger partial charge in [0, 0.05) is 17.8 Å². The van der Waals surface area contributed by atoms with Crippen molar-refractivity contribution in [3.63, 3.8) is 0 Å². The van der Waals surface area contributed by atoms with Gasteiger partial charge in [-0.1, -0.05) is 54.6 Å². The summed E-state index contributed by atoms with van der Waals surface area (Å²) in [6, 6.07) is 23.0. The van der Waals surface area contributed by atoms with Crippen molar-refractivity contribution in [2.24, 2.45) is 0 Å². The van der Waals surface area contributed by atoms with Crippen molar-refractivity contribution < 1.29 is 0 Å². The van der Waals surface area contributed by atoms with Crippen LogP contribution in [0.1, 0.15) is 16.7 Å². The van der Waals surface area contributed by atoms with Crippen molar-refractivity contribution in [3.05, 3.63) is 95.8 Å². The Labute approximate surface area is 141 Å². The number of aryl methyl sites for hydroxylation is 1. The summed E-state index contributed by atoms with van der Waals surface area (Å²) in [5.74, 6) is 0. The number of aromatic nitrogens is 2. The van der Waals surface area contributed by atoms with Gasteiger partial charge in [-0.2, -0.15) is 0 Å². The van der Waals surface area contributed by atoms with E-state index in [-0.39, 0.29) is 0 Å². The van der Waals surface area contributed by atoms with Crippen LogP contribution < -0.4 is 0 Å². The summed E-state index contributed by atoms with van der Waals surface area (Å²) in [6.07, 6.45) is 8.24. The molecule has 24 heavy (non-hydrogen) atoms. The maximum Gasteiger partial charge on any atom is 0.144 e. The Balaban J connectivity index is 1.83. The minimum Gasteiger partial charge on any atom is -0.301 e. The molecule has 4 aromatic rings. The van der Waals surface area contributed by atoms with E-state index in [1.165, 1.54) is 16.7 Å². The van der Waals surface area contributed by atoms with Crippen molar-refractivity contribution >= 4 is 23.2 Å². The molecule has 4 rings (SSSR count). The van der Waals surface area contributed by atoms with E-state index in [1.807, 2.05) is 18.3 Å². The van der Waals surface area contributed by atoms with Gasteiger partial charge < -0.3 is 4.57 Å². The molecule has 2 nitrogen and oxygen atoms in total. The van der Waals surface area contributed by atoms with Crippen LogP contribution in [0.2, 0.25) is 0 Å². The SMILES string of the molecule is Cc1ccc(/C=C/c2ccccc2)c(-n2ccc3cccnc32)c1. The van der Waals surface area contributed by atoms with Crippen LogP contribution in [0.5, 0.6) is 0 Å².